The number of rotatable bonds is 5. The number of carbonyl (C=O) groups is 3. The van der Waals surface area contributed by atoms with E-state index in [-0.39, 0.29) is 17.0 Å². The van der Waals surface area contributed by atoms with Crippen LogP contribution in [0.1, 0.15) is 33.9 Å². The third-order valence-electron chi connectivity index (χ3n) is 6.76. The molecule has 0 saturated carbocycles. The van der Waals surface area contributed by atoms with Crippen molar-refractivity contribution in [3.8, 4) is 0 Å². The first-order valence-electron chi connectivity index (χ1n) is 12.4. The summed E-state index contributed by atoms with van der Waals surface area (Å²) in [5.74, 6) is -0.470. The maximum Gasteiger partial charge on any atom is 0.294 e. The molecule has 0 unspecified atom stereocenters. The van der Waals surface area contributed by atoms with Gasteiger partial charge >= 0.3 is 0 Å². The molecule has 3 amide bonds. The van der Waals surface area contributed by atoms with Gasteiger partial charge < -0.3 is 5.32 Å². The molecule has 2 aromatic heterocycles. The number of nitrogens with one attached hydrogen (secondary N) is 1. The van der Waals surface area contributed by atoms with Crippen LogP contribution in [0.5, 0.6) is 0 Å². The first-order chi connectivity index (χ1) is 18.6. The molecule has 1 aliphatic heterocycles. The molecular formula is C29H27N5O4S. The molecule has 0 spiro atoms. The molecule has 1 saturated heterocycles. The summed E-state index contributed by atoms with van der Waals surface area (Å²) in [6.07, 6.45) is 1.63. The van der Waals surface area contributed by atoms with Gasteiger partial charge in [-0.2, -0.15) is 4.68 Å². The molecule has 0 aliphatic carbocycles. The smallest absolute Gasteiger partial charge is 0.294 e. The van der Waals surface area contributed by atoms with Crippen molar-refractivity contribution in [3.63, 3.8) is 0 Å². The van der Waals surface area contributed by atoms with E-state index in [4.69, 9.17) is 0 Å². The Bertz CT molecular complexity index is 1760. The van der Waals surface area contributed by atoms with E-state index in [1.165, 1.54) is 4.68 Å². The van der Waals surface area contributed by atoms with Crippen LogP contribution >= 0.6 is 11.8 Å². The van der Waals surface area contributed by atoms with Gasteiger partial charge in [-0.05, 0) is 87.3 Å². The van der Waals surface area contributed by atoms with Gasteiger partial charge in [0.2, 0.25) is 5.91 Å². The van der Waals surface area contributed by atoms with Gasteiger partial charge in [-0.15, -0.1) is 0 Å². The number of amides is 3. The van der Waals surface area contributed by atoms with Crippen molar-refractivity contribution < 1.29 is 14.4 Å². The van der Waals surface area contributed by atoms with Gasteiger partial charge in [0.25, 0.3) is 16.7 Å². The van der Waals surface area contributed by atoms with Crippen LogP contribution in [0.2, 0.25) is 0 Å². The standard InChI is InChI=1S/C29H27N5O4S/c1-16-9-8-10-17(2)26(16)31-25(35)15-32-28(37)24(39-29(32)38)14-21-13-18(3)33(19(21)4)34-20(5)30-23-12-7-6-11-22(23)27(34)36/h6-14H,15H2,1-5H3,(H,31,35). The highest BCUT2D eigenvalue weighted by Gasteiger charge is 2.36. The number of hydrogen-bond acceptors (Lipinski definition) is 6. The number of aryl methyl sites for hydroxylation is 4. The van der Waals surface area contributed by atoms with Gasteiger partial charge in [0.1, 0.15) is 12.4 Å². The monoisotopic (exact) mass is 541 g/mol. The number of thioether (sulfide) groups is 1. The van der Waals surface area contributed by atoms with Crippen LogP contribution in [0, 0.1) is 34.6 Å². The number of imide groups is 1. The minimum atomic E-state index is -0.535. The zero-order chi connectivity index (χ0) is 28.0. The predicted molar refractivity (Wildman–Crippen MR) is 153 cm³/mol. The third kappa shape index (κ3) is 4.67. The summed E-state index contributed by atoms with van der Waals surface area (Å²) >= 11 is 0.787. The third-order valence-corrected chi connectivity index (χ3v) is 7.66. The molecule has 4 aromatic rings. The average Bonchev–Trinajstić information content (AvgIpc) is 3.31. The number of aromatic nitrogens is 3. The summed E-state index contributed by atoms with van der Waals surface area (Å²) in [5.41, 5.74) is 5.01. The second-order valence-electron chi connectivity index (χ2n) is 9.51. The molecule has 0 atom stereocenters. The van der Waals surface area contributed by atoms with Crippen molar-refractivity contribution in [2.75, 3.05) is 11.9 Å². The molecule has 198 valence electrons. The molecule has 1 aliphatic rings. The zero-order valence-corrected chi connectivity index (χ0v) is 23.0. The van der Waals surface area contributed by atoms with Gasteiger partial charge in [0.15, 0.2) is 0 Å². The SMILES string of the molecule is Cc1cccc(C)c1NC(=O)CN1C(=O)SC(=Cc2cc(C)n(-n3c(C)nc4ccccc4c3=O)c2C)C1=O. The van der Waals surface area contributed by atoms with Crippen LogP contribution in [0.4, 0.5) is 10.5 Å². The number of nitrogens with zero attached hydrogens (tertiary/aromatic N) is 4. The lowest BCUT2D eigenvalue weighted by molar-refractivity contribution is -0.127. The van der Waals surface area contributed by atoms with Gasteiger partial charge in [-0.25, -0.2) is 4.98 Å². The fraction of sp³-hybridized carbons (Fsp3) is 0.207. The first kappa shape index (κ1) is 26.2. The van der Waals surface area contributed by atoms with E-state index in [9.17, 15) is 19.2 Å². The van der Waals surface area contributed by atoms with Gasteiger partial charge in [0.05, 0.1) is 15.8 Å². The van der Waals surface area contributed by atoms with E-state index in [1.54, 1.807) is 35.9 Å². The van der Waals surface area contributed by atoms with Crippen LogP contribution in [-0.4, -0.2) is 42.8 Å². The minimum absolute atomic E-state index is 0.207. The van der Waals surface area contributed by atoms with E-state index in [0.29, 0.717) is 33.7 Å². The lowest BCUT2D eigenvalue weighted by Crippen LogP contribution is -2.36. The molecule has 1 fully saturated rings. The Morgan fingerprint density at radius 3 is 2.36 bits per heavy atom. The Kier molecular flexibility index (Phi) is 6.73. The molecule has 0 bridgehead atoms. The van der Waals surface area contributed by atoms with E-state index >= 15 is 0 Å². The van der Waals surface area contributed by atoms with Crippen molar-refractivity contribution in [1.82, 2.24) is 19.2 Å². The summed E-state index contributed by atoms with van der Waals surface area (Å²) in [6, 6.07) is 14.7. The second kappa shape index (κ2) is 10.0. The summed E-state index contributed by atoms with van der Waals surface area (Å²) in [5, 5.41) is 2.80. The van der Waals surface area contributed by atoms with E-state index in [0.717, 1.165) is 33.5 Å². The Morgan fingerprint density at radius 2 is 1.64 bits per heavy atom. The Hall–Kier alpha value is -4.44. The molecule has 0 radical (unpaired) electrons. The molecule has 3 heterocycles. The second-order valence-corrected chi connectivity index (χ2v) is 10.5. The highest BCUT2D eigenvalue weighted by atomic mass is 32.2. The normalized spacial score (nSPS) is 14.6. The van der Waals surface area contributed by atoms with Crippen molar-refractivity contribution in [2.24, 2.45) is 0 Å². The van der Waals surface area contributed by atoms with Crippen LogP contribution in [-0.2, 0) is 9.59 Å². The highest BCUT2D eigenvalue weighted by molar-refractivity contribution is 8.18. The lowest BCUT2D eigenvalue weighted by Gasteiger charge is -2.16. The molecule has 2 aromatic carbocycles. The van der Waals surface area contributed by atoms with Gasteiger partial charge in [0, 0.05) is 17.1 Å². The average molecular weight is 542 g/mol. The van der Waals surface area contributed by atoms with E-state index in [2.05, 4.69) is 10.3 Å². The number of anilines is 1. The summed E-state index contributed by atoms with van der Waals surface area (Å²) in [7, 11) is 0. The van der Waals surface area contributed by atoms with Gasteiger partial charge in [-0.1, -0.05) is 30.3 Å². The number of para-hydroxylation sites is 2. The van der Waals surface area contributed by atoms with Crippen LogP contribution < -0.4 is 10.9 Å². The van der Waals surface area contributed by atoms with Crippen LogP contribution in [0.25, 0.3) is 17.0 Å². The Balaban J connectivity index is 1.43. The Labute approximate surface area is 229 Å². The van der Waals surface area contributed by atoms with E-state index < -0.39 is 17.1 Å². The summed E-state index contributed by atoms with van der Waals surface area (Å²) < 4.78 is 3.26. The largest absolute Gasteiger partial charge is 0.324 e. The molecule has 10 heteroatoms. The van der Waals surface area contributed by atoms with Crippen molar-refractivity contribution in [2.45, 2.75) is 34.6 Å². The lowest BCUT2D eigenvalue weighted by atomic mass is 10.1. The summed E-state index contributed by atoms with van der Waals surface area (Å²) in [4.78, 5) is 57.6. The molecular weight excluding hydrogens is 514 g/mol. The zero-order valence-electron chi connectivity index (χ0n) is 22.2. The fourth-order valence-electron chi connectivity index (χ4n) is 4.81. The van der Waals surface area contributed by atoms with Crippen molar-refractivity contribution >= 4 is 51.5 Å². The predicted octanol–water partition coefficient (Wildman–Crippen LogP) is 4.73. The fourth-order valence-corrected chi connectivity index (χ4v) is 5.64. The first-order valence-corrected chi connectivity index (χ1v) is 13.2. The number of benzene rings is 2. The molecule has 39 heavy (non-hydrogen) atoms. The van der Waals surface area contributed by atoms with Crippen molar-refractivity contribution in [1.29, 1.82) is 0 Å². The molecule has 1 N–H and O–H groups in total. The Morgan fingerprint density at radius 1 is 0.949 bits per heavy atom. The number of carbonyl (C=O) groups excluding carboxylic acids is 3. The molecule has 9 nitrogen and oxygen atoms in total. The van der Waals surface area contributed by atoms with Crippen LogP contribution in [0.3, 0.4) is 0 Å². The van der Waals surface area contributed by atoms with Crippen molar-refractivity contribution in [3.05, 3.63) is 97.7 Å². The van der Waals surface area contributed by atoms with E-state index in [1.807, 2.05) is 58.0 Å². The maximum atomic E-state index is 13.4. The number of hydrogen-bond donors (Lipinski definition) is 1. The van der Waals surface area contributed by atoms with Crippen LogP contribution in [0.15, 0.2) is 58.2 Å². The number of fused-ring (bicyclic) bond motifs is 1. The van der Waals surface area contributed by atoms with Gasteiger partial charge in [-0.3, -0.25) is 28.8 Å². The molecule has 5 rings (SSSR count). The maximum absolute atomic E-state index is 13.4. The quantitative estimate of drug-likeness (QED) is 0.366. The highest BCUT2D eigenvalue weighted by Crippen LogP contribution is 2.33. The minimum Gasteiger partial charge on any atom is -0.324 e. The summed E-state index contributed by atoms with van der Waals surface area (Å²) in [6.45, 7) is 8.83. The topological polar surface area (TPSA) is 106 Å².